The van der Waals surface area contributed by atoms with Crippen molar-refractivity contribution >= 4 is 45.6 Å². The van der Waals surface area contributed by atoms with E-state index in [1.54, 1.807) is 14.2 Å². The van der Waals surface area contributed by atoms with E-state index < -0.39 is 0 Å². The second-order valence-corrected chi connectivity index (χ2v) is 9.62. The largest absolute Gasteiger partial charge is 0.493 e. The standard InChI is InChI=1S/C24H24N4O4S2/c1-14-22(34-15(2)25-14)23(29)26-18-8-6-5-7-17(18)12-28-24(30)33-13-19(27-28)16-9-10-20(31-3)21(11-16)32-4/h5-11H,12-13H2,1-4H3,(H,26,29). The number of hydrazone groups is 1. The average Bonchev–Trinajstić information content (AvgIpc) is 3.19. The van der Waals surface area contributed by atoms with Gasteiger partial charge < -0.3 is 14.8 Å². The van der Waals surface area contributed by atoms with Crippen molar-refractivity contribution < 1.29 is 19.1 Å². The first kappa shape index (κ1) is 23.8. The van der Waals surface area contributed by atoms with E-state index in [2.05, 4.69) is 15.4 Å². The molecule has 0 unspecified atom stereocenters. The minimum absolute atomic E-state index is 0.153. The molecule has 0 fully saturated rings. The summed E-state index contributed by atoms with van der Waals surface area (Å²) in [4.78, 5) is 30.4. The van der Waals surface area contributed by atoms with Crippen LogP contribution in [0.15, 0.2) is 47.6 Å². The maximum atomic E-state index is 12.8. The molecule has 176 valence electrons. The first-order valence-electron chi connectivity index (χ1n) is 10.5. The van der Waals surface area contributed by atoms with Gasteiger partial charge in [0.25, 0.3) is 5.91 Å². The zero-order chi connectivity index (χ0) is 24.2. The Labute approximate surface area is 206 Å². The number of para-hydroxylation sites is 1. The van der Waals surface area contributed by atoms with Crippen LogP contribution in [0.3, 0.4) is 0 Å². The molecule has 2 aromatic carbocycles. The van der Waals surface area contributed by atoms with Crippen LogP contribution in [-0.4, -0.2) is 46.8 Å². The minimum Gasteiger partial charge on any atom is -0.493 e. The number of hydrogen-bond acceptors (Lipinski definition) is 8. The van der Waals surface area contributed by atoms with Gasteiger partial charge in [-0.15, -0.1) is 11.3 Å². The van der Waals surface area contributed by atoms with Crippen molar-refractivity contribution in [2.75, 3.05) is 25.3 Å². The van der Waals surface area contributed by atoms with Crippen LogP contribution in [0.5, 0.6) is 11.5 Å². The SMILES string of the molecule is COc1ccc(C2=NN(Cc3ccccc3NC(=O)c3sc(C)nc3C)C(=O)SC2)cc1OC. The predicted octanol–water partition coefficient (Wildman–Crippen LogP) is 5.10. The lowest BCUT2D eigenvalue weighted by atomic mass is 10.1. The van der Waals surface area contributed by atoms with Gasteiger partial charge in [-0.3, -0.25) is 9.59 Å². The number of aromatic nitrogens is 1. The molecule has 0 spiro atoms. The molecule has 1 aliphatic rings. The molecule has 1 aromatic heterocycles. The molecule has 4 rings (SSSR count). The minimum atomic E-state index is -0.218. The lowest BCUT2D eigenvalue weighted by Gasteiger charge is -2.24. The van der Waals surface area contributed by atoms with Gasteiger partial charge in [-0.1, -0.05) is 30.0 Å². The third kappa shape index (κ3) is 5.07. The van der Waals surface area contributed by atoms with E-state index in [0.717, 1.165) is 21.8 Å². The van der Waals surface area contributed by atoms with Crippen LogP contribution in [-0.2, 0) is 6.54 Å². The Bertz CT molecular complexity index is 1270. The highest BCUT2D eigenvalue weighted by Gasteiger charge is 2.24. The average molecular weight is 497 g/mol. The number of carbonyl (C=O) groups excluding carboxylic acids is 2. The van der Waals surface area contributed by atoms with Gasteiger partial charge in [0.1, 0.15) is 4.88 Å². The normalized spacial score (nSPS) is 13.5. The number of anilines is 1. The summed E-state index contributed by atoms with van der Waals surface area (Å²) in [6.07, 6.45) is 0. The van der Waals surface area contributed by atoms with Crippen LogP contribution in [0.4, 0.5) is 10.5 Å². The number of aryl methyl sites for hydroxylation is 2. The fraction of sp³-hybridized carbons (Fsp3) is 0.250. The summed E-state index contributed by atoms with van der Waals surface area (Å²) in [5, 5.41) is 9.69. The monoisotopic (exact) mass is 496 g/mol. The Morgan fingerprint density at radius 2 is 1.88 bits per heavy atom. The van der Waals surface area contributed by atoms with Crippen LogP contribution in [0.25, 0.3) is 0 Å². The van der Waals surface area contributed by atoms with E-state index >= 15 is 0 Å². The maximum Gasteiger partial charge on any atom is 0.302 e. The van der Waals surface area contributed by atoms with Gasteiger partial charge in [0, 0.05) is 17.0 Å². The lowest BCUT2D eigenvalue weighted by Crippen LogP contribution is -2.30. The quantitative estimate of drug-likeness (QED) is 0.489. The van der Waals surface area contributed by atoms with E-state index in [1.165, 1.54) is 28.1 Å². The van der Waals surface area contributed by atoms with Crippen LogP contribution in [0.2, 0.25) is 0 Å². The number of hydrogen-bond donors (Lipinski definition) is 1. The zero-order valence-corrected chi connectivity index (χ0v) is 20.9. The molecule has 0 atom stereocenters. The molecular formula is C24H24N4O4S2. The molecule has 0 aliphatic carbocycles. The van der Waals surface area contributed by atoms with Gasteiger partial charge in [0.15, 0.2) is 11.5 Å². The van der Waals surface area contributed by atoms with Crippen molar-refractivity contribution in [3.8, 4) is 11.5 Å². The number of amides is 2. The Hall–Kier alpha value is -3.37. The van der Waals surface area contributed by atoms with Gasteiger partial charge >= 0.3 is 5.24 Å². The Morgan fingerprint density at radius 1 is 1.12 bits per heavy atom. The van der Waals surface area contributed by atoms with Gasteiger partial charge in [0.2, 0.25) is 0 Å². The van der Waals surface area contributed by atoms with Gasteiger partial charge in [-0.05, 0) is 43.7 Å². The van der Waals surface area contributed by atoms with E-state index in [1.807, 2.05) is 56.3 Å². The molecule has 0 bridgehead atoms. The van der Waals surface area contributed by atoms with Crippen LogP contribution >= 0.6 is 23.1 Å². The number of methoxy groups -OCH3 is 2. The molecule has 34 heavy (non-hydrogen) atoms. The van der Waals surface area contributed by atoms with Crippen molar-refractivity contribution in [3.05, 3.63) is 69.2 Å². The van der Waals surface area contributed by atoms with Crippen molar-refractivity contribution in [3.63, 3.8) is 0 Å². The molecule has 0 radical (unpaired) electrons. The van der Waals surface area contributed by atoms with E-state index in [0.29, 0.717) is 33.5 Å². The smallest absolute Gasteiger partial charge is 0.302 e. The molecule has 8 nitrogen and oxygen atoms in total. The summed E-state index contributed by atoms with van der Waals surface area (Å²) in [5.41, 5.74) is 3.71. The Kier molecular flexibility index (Phi) is 7.18. The van der Waals surface area contributed by atoms with Gasteiger partial charge in [-0.2, -0.15) is 5.10 Å². The molecule has 2 heterocycles. The number of thiazole rings is 1. The van der Waals surface area contributed by atoms with Crippen LogP contribution < -0.4 is 14.8 Å². The number of ether oxygens (including phenoxy) is 2. The summed E-state index contributed by atoms with van der Waals surface area (Å²) in [7, 11) is 3.16. The van der Waals surface area contributed by atoms with Crippen molar-refractivity contribution in [1.29, 1.82) is 0 Å². The highest BCUT2D eigenvalue weighted by Crippen LogP contribution is 2.30. The number of thioether (sulfide) groups is 1. The third-order valence-electron chi connectivity index (χ3n) is 5.20. The molecule has 1 N–H and O–H groups in total. The Balaban J connectivity index is 1.58. The molecule has 2 amide bonds. The molecule has 10 heteroatoms. The van der Waals surface area contributed by atoms with E-state index in [4.69, 9.17) is 9.47 Å². The second kappa shape index (κ2) is 10.3. The van der Waals surface area contributed by atoms with Crippen LogP contribution in [0, 0.1) is 13.8 Å². The lowest BCUT2D eigenvalue weighted by molar-refractivity contribution is 0.102. The summed E-state index contributed by atoms with van der Waals surface area (Å²) in [5.74, 6) is 1.45. The summed E-state index contributed by atoms with van der Waals surface area (Å²) < 4.78 is 10.7. The van der Waals surface area contributed by atoms with Crippen molar-refractivity contribution in [1.82, 2.24) is 9.99 Å². The molecule has 0 saturated heterocycles. The molecule has 0 saturated carbocycles. The third-order valence-corrected chi connectivity index (χ3v) is 7.14. The first-order chi connectivity index (χ1) is 16.4. The summed E-state index contributed by atoms with van der Waals surface area (Å²) >= 11 is 2.54. The highest BCUT2D eigenvalue weighted by atomic mass is 32.2. The summed E-state index contributed by atoms with van der Waals surface area (Å²) in [6, 6.07) is 13.0. The number of benzene rings is 2. The topological polar surface area (TPSA) is 93.1 Å². The molecule has 3 aromatic rings. The van der Waals surface area contributed by atoms with E-state index in [9.17, 15) is 9.59 Å². The first-order valence-corrected chi connectivity index (χ1v) is 12.3. The van der Waals surface area contributed by atoms with Gasteiger partial charge in [-0.25, -0.2) is 9.99 Å². The van der Waals surface area contributed by atoms with Crippen LogP contribution in [0.1, 0.15) is 31.5 Å². The number of nitrogens with zero attached hydrogens (tertiary/aromatic N) is 3. The fourth-order valence-electron chi connectivity index (χ4n) is 3.54. The predicted molar refractivity (Wildman–Crippen MR) is 135 cm³/mol. The van der Waals surface area contributed by atoms with E-state index in [-0.39, 0.29) is 17.7 Å². The number of nitrogens with one attached hydrogen (secondary N) is 1. The van der Waals surface area contributed by atoms with Crippen molar-refractivity contribution in [2.24, 2.45) is 5.10 Å². The molecular weight excluding hydrogens is 472 g/mol. The zero-order valence-electron chi connectivity index (χ0n) is 19.2. The van der Waals surface area contributed by atoms with Crippen molar-refractivity contribution in [2.45, 2.75) is 20.4 Å². The number of rotatable bonds is 7. The second-order valence-electron chi connectivity index (χ2n) is 7.49. The fourth-order valence-corrected chi connectivity index (χ4v) is 5.09. The number of carbonyl (C=O) groups is 2. The highest BCUT2D eigenvalue weighted by molar-refractivity contribution is 8.14. The Morgan fingerprint density at radius 3 is 2.59 bits per heavy atom. The molecule has 1 aliphatic heterocycles. The summed E-state index contributed by atoms with van der Waals surface area (Å²) in [6.45, 7) is 3.91. The maximum absolute atomic E-state index is 12.8. The van der Waals surface area contributed by atoms with Gasteiger partial charge in [0.05, 0.1) is 37.2 Å².